The summed E-state index contributed by atoms with van der Waals surface area (Å²) in [4.78, 5) is 5.13. The Morgan fingerprint density at radius 3 is 2.73 bits per heavy atom. The Bertz CT molecular complexity index is 1370. The number of aromatic nitrogens is 4. The monoisotopic (exact) mass is 562 g/mol. The molecule has 0 saturated carbocycles. The maximum Gasteiger partial charge on any atom is 0.522 e. The van der Waals surface area contributed by atoms with Gasteiger partial charge in [0.25, 0.3) is 10.0 Å². The van der Waals surface area contributed by atoms with Gasteiger partial charge in [-0.15, -0.1) is 13.2 Å². The van der Waals surface area contributed by atoms with Crippen molar-refractivity contribution in [3.8, 4) is 5.75 Å². The van der Waals surface area contributed by atoms with Crippen LogP contribution >= 0.6 is 11.5 Å². The molecule has 1 aromatic carbocycles. The van der Waals surface area contributed by atoms with Gasteiger partial charge in [0.1, 0.15) is 22.8 Å². The molecule has 0 amide bonds. The van der Waals surface area contributed by atoms with Crippen LogP contribution in [0.4, 0.5) is 22.7 Å². The second kappa shape index (κ2) is 9.81. The van der Waals surface area contributed by atoms with Crippen molar-refractivity contribution >= 4 is 26.7 Å². The first kappa shape index (κ1) is 25.8. The number of halogens is 4. The van der Waals surface area contributed by atoms with Crippen LogP contribution in [0.2, 0.25) is 0 Å². The van der Waals surface area contributed by atoms with E-state index >= 15 is 4.39 Å². The first-order chi connectivity index (χ1) is 17.5. The van der Waals surface area contributed by atoms with Crippen molar-refractivity contribution in [2.45, 2.75) is 48.7 Å². The van der Waals surface area contributed by atoms with E-state index in [1.807, 2.05) is 4.90 Å². The Kier molecular flexibility index (Phi) is 6.84. The fraction of sp³-hybridized carbons (Fsp3) is 0.476. The molecule has 37 heavy (non-hydrogen) atoms. The number of rotatable bonds is 6. The van der Waals surface area contributed by atoms with Crippen LogP contribution < -0.4 is 9.46 Å². The summed E-state index contributed by atoms with van der Waals surface area (Å²) in [6, 6.07) is 3.03. The molecule has 0 spiro atoms. The molecule has 3 atom stereocenters. The number of ether oxygens (including phenoxy) is 2. The predicted octanol–water partition coefficient (Wildman–Crippen LogP) is 3.78. The van der Waals surface area contributed by atoms with Gasteiger partial charge >= 0.3 is 6.36 Å². The molecule has 2 aliphatic rings. The highest BCUT2D eigenvalue weighted by molar-refractivity contribution is 7.93. The number of sulfonamides is 1. The third-order valence-electron chi connectivity index (χ3n) is 6.44. The summed E-state index contributed by atoms with van der Waals surface area (Å²) in [7, 11) is -2.62. The third kappa shape index (κ3) is 5.42. The lowest BCUT2D eigenvalue weighted by molar-refractivity contribution is -0.347. The topological polar surface area (TPSA) is 111 Å². The summed E-state index contributed by atoms with van der Waals surface area (Å²) in [5.74, 6) is -0.800. The van der Waals surface area contributed by atoms with Crippen molar-refractivity contribution in [2.24, 2.45) is 7.05 Å². The van der Waals surface area contributed by atoms with Crippen molar-refractivity contribution in [2.75, 3.05) is 17.9 Å². The summed E-state index contributed by atoms with van der Waals surface area (Å²) in [6.45, 7) is 0.449. The first-order valence-corrected chi connectivity index (χ1v) is 13.5. The molecule has 0 aliphatic carbocycles. The SMILES string of the molecule is Cn1nccc1[C@@H]1C[C@H](OC(F)(F)F)CCN1[C@H]1CCOc2cc(S(=O)(=O)Nc3ncns3)c(F)cc21. The van der Waals surface area contributed by atoms with E-state index in [0.717, 1.165) is 23.7 Å². The Morgan fingerprint density at radius 1 is 1.24 bits per heavy atom. The molecule has 0 unspecified atom stereocenters. The van der Waals surface area contributed by atoms with Gasteiger partial charge in [-0.3, -0.25) is 19.0 Å². The van der Waals surface area contributed by atoms with Gasteiger partial charge in [0, 0.05) is 55.4 Å². The van der Waals surface area contributed by atoms with E-state index < -0.39 is 45.3 Å². The molecule has 2 aromatic heterocycles. The second-order valence-corrected chi connectivity index (χ2v) is 11.1. The zero-order chi connectivity index (χ0) is 26.4. The number of alkyl halides is 3. The zero-order valence-electron chi connectivity index (χ0n) is 19.4. The van der Waals surface area contributed by atoms with Crippen LogP contribution in [0.3, 0.4) is 0 Å². The van der Waals surface area contributed by atoms with Gasteiger partial charge in [0.15, 0.2) is 0 Å². The van der Waals surface area contributed by atoms with Crippen molar-refractivity contribution < 1.29 is 35.5 Å². The van der Waals surface area contributed by atoms with Crippen LogP contribution in [0.5, 0.6) is 5.75 Å². The molecular weight excluding hydrogens is 540 g/mol. The summed E-state index contributed by atoms with van der Waals surface area (Å²) >= 11 is 0.802. The summed E-state index contributed by atoms with van der Waals surface area (Å²) in [5.41, 5.74) is 1.10. The Labute approximate surface area is 213 Å². The minimum Gasteiger partial charge on any atom is -0.493 e. The van der Waals surface area contributed by atoms with Crippen molar-refractivity contribution in [3.05, 3.63) is 47.8 Å². The number of hydrogen-bond acceptors (Lipinski definition) is 9. The largest absolute Gasteiger partial charge is 0.522 e. The van der Waals surface area contributed by atoms with Crippen LogP contribution in [0, 0.1) is 5.82 Å². The fourth-order valence-corrected chi connectivity index (χ4v) is 6.67. The molecule has 5 rings (SSSR count). The molecule has 1 saturated heterocycles. The number of anilines is 1. The molecule has 0 radical (unpaired) electrons. The van der Waals surface area contributed by atoms with Crippen LogP contribution in [0.15, 0.2) is 35.6 Å². The smallest absolute Gasteiger partial charge is 0.493 e. The second-order valence-electron chi connectivity index (χ2n) is 8.67. The number of aryl methyl sites for hydroxylation is 1. The number of likely N-dealkylation sites (tertiary alicyclic amines) is 1. The van der Waals surface area contributed by atoms with Gasteiger partial charge in [-0.1, -0.05) is 0 Å². The van der Waals surface area contributed by atoms with Gasteiger partial charge in [-0.25, -0.2) is 17.8 Å². The minimum absolute atomic E-state index is 0.0149. The number of nitrogens with zero attached hydrogens (tertiary/aromatic N) is 5. The van der Waals surface area contributed by atoms with Crippen LogP contribution in [-0.2, 0) is 21.8 Å². The first-order valence-electron chi connectivity index (χ1n) is 11.3. The molecule has 0 bridgehead atoms. The van der Waals surface area contributed by atoms with Crippen molar-refractivity contribution in [1.82, 2.24) is 24.0 Å². The van der Waals surface area contributed by atoms with E-state index in [-0.39, 0.29) is 36.9 Å². The minimum atomic E-state index is -4.76. The van der Waals surface area contributed by atoms with Gasteiger partial charge < -0.3 is 4.74 Å². The normalized spacial score (nSPS) is 22.9. The van der Waals surface area contributed by atoms with Gasteiger partial charge in [-0.2, -0.15) is 9.47 Å². The van der Waals surface area contributed by atoms with Crippen LogP contribution in [0.1, 0.15) is 42.6 Å². The van der Waals surface area contributed by atoms with E-state index in [4.69, 9.17) is 4.74 Å². The lowest BCUT2D eigenvalue weighted by Crippen LogP contribution is -2.45. The number of piperidine rings is 1. The van der Waals surface area contributed by atoms with Crippen molar-refractivity contribution in [3.63, 3.8) is 0 Å². The summed E-state index contributed by atoms with van der Waals surface area (Å²) in [6.07, 6.45) is -2.49. The van der Waals surface area contributed by atoms with E-state index in [2.05, 4.69) is 23.9 Å². The Hall–Kier alpha value is -2.82. The molecule has 2 aliphatic heterocycles. The highest BCUT2D eigenvalue weighted by atomic mass is 32.2. The average molecular weight is 563 g/mol. The highest BCUT2D eigenvalue weighted by Crippen LogP contribution is 2.45. The number of fused-ring (bicyclic) bond motifs is 1. The maximum absolute atomic E-state index is 15.2. The van der Waals surface area contributed by atoms with E-state index in [0.29, 0.717) is 17.7 Å². The molecule has 1 N–H and O–H groups in total. The molecular formula is C21H22F4N6O4S2. The van der Waals surface area contributed by atoms with Gasteiger partial charge in [0.2, 0.25) is 5.13 Å². The van der Waals surface area contributed by atoms with E-state index in [1.165, 1.54) is 6.33 Å². The molecule has 4 heterocycles. The lowest BCUT2D eigenvalue weighted by atomic mass is 9.90. The van der Waals surface area contributed by atoms with Gasteiger partial charge in [0.05, 0.1) is 24.4 Å². The number of benzene rings is 1. The standard InChI is InChI=1S/C21H22F4N6O4S2/c1-30-16(2-5-27-30)17-8-12(35-21(23,24)25)3-6-31(17)15-4-7-34-18-10-19(14(22)9-13(15)18)37(32,33)29-20-26-11-28-36-20/h2,5,9-12,15,17H,3-4,6-8H2,1H3,(H,26,28,29)/t12-,15+,17+/m1/s1. The maximum atomic E-state index is 15.2. The Balaban J connectivity index is 1.47. The molecule has 16 heteroatoms. The van der Waals surface area contributed by atoms with E-state index in [1.54, 1.807) is 24.0 Å². The molecule has 200 valence electrons. The number of hydrogen-bond donors (Lipinski definition) is 1. The van der Waals surface area contributed by atoms with Gasteiger partial charge in [-0.05, 0) is 25.0 Å². The van der Waals surface area contributed by atoms with E-state index in [9.17, 15) is 21.6 Å². The third-order valence-corrected chi connectivity index (χ3v) is 8.50. The summed E-state index contributed by atoms with van der Waals surface area (Å²) in [5, 5.41) is 4.14. The summed E-state index contributed by atoms with van der Waals surface area (Å²) < 4.78 is 97.2. The molecule has 3 aromatic rings. The zero-order valence-corrected chi connectivity index (χ0v) is 21.0. The lowest BCUT2D eigenvalue weighted by Gasteiger charge is -2.45. The molecule has 10 nitrogen and oxygen atoms in total. The fourth-order valence-electron chi connectivity index (χ4n) is 4.93. The predicted molar refractivity (Wildman–Crippen MR) is 123 cm³/mol. The van der Waals surface area contributed by atoms with Crippen LogP contribution in [-0.4, -0.2) is 58.1 Å². The molecule has 1 fully saturated rings. The number of nitrogens with one attached hydrogen (secondary N) is 1. The highest BCUT2D eigenvalue weighted by Gasteiger charge is 2.42. The Morgan fingerprint density at radius 2 is 2.05 bits per heavy atom. The quantitative estimate of drug-likeness (QED) is 0.452. The average Bonchev–Trinajstić information content (AvgIpc) is 3.48. The van der Waals surface area contributed by atoms with Crippen LogP contribution in [0.25, 0.3) is 0 Å². The van der Waals surface area contributed by atoms with Crippen molar-refractivity contribution in [1.29, 1.82) is 0 Å².